The Morgan fingerprint density at radius 3 is 1.91 bits per heavy atom. The van der Waals surface area contributed by atoms with Gasteiger partial charge >= 0.3 is 0 Å². The molecule has 0 radical (unpaired) electrons. The molecule has 0 fully saturated rings. The fraction of sp³-hybridized carbons (Fsp3) is 0.250. The summed E-state index contributed by atoms with van der Waals surface area (Å²) in [5.74, 6) is 3.33. The van der Waals surface area contributed by atoms with Crippen molar-refractivity contribution in [2.75, 3.05) is 35.5 Å². The molecule has 7 heteroatoms. The smallest absolute Gasteiger partial charge is 0.204 e. The van der Waals surface area contributed by atoms with E-state index in [0.717, 1.165) is 33.3 Å². The third kappa shape index (κ3) is 4.62. The number of rotatable bonds is 9. The molecule has 4 rings (SSSR count). The maximum Gasteiger partial charge on any atom is 0.204 e. The average Bonchev–Trinajstić information content (AvgIpc) is 2.90. The number of aromatic nitrogens is 1. The lowest BCUT2D eigenvalue weighted by Gasteiger charge is -2.18. The summed E-state index contributed by atoms with van der Waals surface area (Å²) in [6.07, 6.45) is 0. The molecule has 0 aliphatic carbocycles. The molecule has 0 saturated carbocycles. The van der Waals surface area contributed by atoms with Crippen LogP contribution in [0.1, 0.15) is 11.3 Å². The predicted octanol–water partition coefficient (Wildman–Crippen LogP) is 5.83. The standard InChI is InChI=1S/C28H29NO6/c1-17-25-20(15-23(31-3)27(33-5)28(25)34-6)12-21(29-17)19-13-22(30-2)26(32-4)24(14-19)35-16-18-10-8-7-9-11-18/h7-15H,16H2,1-6H3. The number of nitrogens with zero attached hydrogens (tertiary/aromatic N) is 1. The van der Waals surface area contributed by atoms with Crippen molar-refractivity contribution in [2.45, 2.75) is 13.5 Å². The predicted molar refractivity (Wildman–Crippen MR) is 135 cm³/mol. The highest BCUT2D eigenvalue weighted by atomic mass is 16.5. The van der Waals surface area contributed by atoms with E-state index >= 15 is 0 Å². The van der Waals surface area contributed by atoms with Crippen LogP contribution in [0.3, 0.4) is 0 Å². The van der Waals surface area contributed by atoms with Gasteiger partial charge in [-0.25, -0.2) is 0 Å². The zero-order valence-corrected chi connectivity index (χ0v) is 20.8. The van der Waals surface area contributed by atoms with Crippen LogP contribution in [0.25, 0.3) is 22.0 Å². The Kier molecular flexibility index (Phi) is 7.15. The molecule has 0 saturated heterocycles. The number of fused-ring (bicyclic) bond motifs is 1. The topological polar surface area (TPSA) is 68.3 Å². The first kappa shape index (κ1) is 24.0. The minimum Gasteiger partial charge on any atom is -0.493 e. The van der Waals surface area contributed by atoms with Crippen LogP contribution in [-0.2, 0) is 6.61 Å². The number of methoxy groups -OCH3 is 5. The maximum absolute atomic E-state index is 6.15. The number of pyridine rings is 1. The Morgan fingerprint density at radius 1 is 0.657 bits per heavy atom. The van der Waals surface area contributed by atoms with Crippen LogP contribution < -0.4 is 28.4 Å². The lowest BCUT2D eigenvalue weighted by Crippen LogP contribution is -2.01. The molecule has 7 nitrogen and oxygen atoms in total. The summed E-state index contributed by atoms with van der Waals surface area (Å²) in [4.78, 5) is 4.87. The zero-order chi connectivity index (χ0) is 24.9. The summed E-state index contributed by atoms with van der Waals surface area (Å²) in [5.41, 5.74) is 3.41. The molecule has 0 N–H and O–H groups in total. The van der Waals surface area contributed by atoms with Gasteiger partial charge in [-0.1, -0.05) is 30.3 Å². The second-order valence-electron chi connectivity index (χ2n) is 7.82. The summed E-state index contributed by atoms with van der Waals surface area (Å²) < 4.78 is 34.2. The SMILES string of the molecule is COc1cc(-c2cc3cc(OC)c(OC)c(OC)c3c(C)n2)cc(OCc2ccccc2)c1OC. The van der Waals surface area contributed by atoms with Crippen LogP contribution in [0.5, 0.6) is 34.5 Å². The van der Waals surface area contributed by atoms with Gasteiger partial charge in [-0.2, -0.15) is 0 Å². The summed E-state index contributed by atoms with van der Waals surface area (Å²) in [6.45, 7) is 2.33. The highest BCUT2D eigenvalue weighted by Gasteiger charge is 2.21. The van der Waals surface area contributed by atoms with Crippen molar-refractivity contribution in [3.05, 3.63) is 65.9 Å². The van der Waals surface area contributed by atoms with Crippen LogP contribution in [0.2, 0.25) is 0 Å². The Hall–Kier alpha value is -4.13. The summed E-state index contributed by atoms with van der Waals surface area (Å²) >= 11 is 0. The third-order valence-electron chi connectivity index (χ3n) is 5.78. The molecule has 35 heavy (non-hydrogen) atoms. The van der Waals surface area contributed by atoms with E-state index in [9.17, 15) is 0 Å². The second kappa shape index (κ2) is 10.4. The van der Waals surface area contributed by atoms with Crippen molar-refractivity contribution < 1.29 is 28.4 Å². The van der Waals surface area contributed by atoms with Crippen molar-refractivity contribution in [2.24, 2.45) is 0 Å². The molecule has 4 aromatic rings. The third-order valence-corrected chi connectivity index (χ3v) is 5.78. The molecule has 0 aliphatic heterocycles. The van der Waals surface area contributed by atoms with E-state index in [1.807, 2.05) is 61.5 Å². The van der Waals surface area contributed by atoms with Crippen molar-refractivity contribution in [1.82, 2.24) is 4.98 Å². The molecule has 0 amide bonds. The number of ether oxygens (including phenoxy) is 6. The minimum atomic E-state index is 0.391. The average molecular weight is 476 g/mol. The van der Waals surface area contributed by atoms with Crippen LogP contribution in [0.15, 0.2) is 54.6 Å². The highest BCUT2D eigenvalue weighted by molar-refractivity contribution is 5.96. The Labute approximate surface area is 205 Å². The molecular weight excluding hydrogens is 446 g/mol. The summed E-state index contributed by atoms with van der Waals surface area (Å²) in [7, 11) is 7.99. The molecule has 0 spiro atoms. The van der Waals surface area contributed by atoms with Crippen LogP contribution in [0, 0.1) is 6.92 Å². The normalized spacial score (nSPS) is 10.7. The Morgan fingerprint density at radius 2 is 1.29 bits per heavy atom. The largest absolute Gasteiger partial charge is 0.493 e. The maximum atomic E-state index is 6.15. The van der Waals surface area contributed by atoms with Crippen LogP contribution >= 0.6 is 0 Å². The first-order chi connectivity index (χ1) is 17.0. The lowest BCUT2D eigenvalue weighted by molar-refractivity contribution is 0.275. The van der Waals surface area contributed by atoms with Gasteiger partial charge in [0, 0.05) is 16.6 Å². The van der Waals surface area contributed by atoms with Crippen molar-refractivity contribution >= 4 is 10.8 Å². The molecule has 182 valence electrons. The molecule has 0 aliphatic rings. The quantitative estimate of drug-likeness (QED) is 0.302. The lowest BCUT2D eigenvalue weighted by atomic mass is 10.0. The van der Waals surface area contributed by atoms with Gasteiger partial charge in [0.15, 0.2) is 23.0 Å². The van der Waals surface area contributed by atoms with Crippen molar-refractivity contribution in [1.29, 1.82) is 0 Å². The first-order valence-corrected chi connectivity index (χ1v) is 11.1. The molecule has 1 heterocycles. The minimum absolute atomic E-state index is 0.391. The summed E-state index contributed by atoms with van der Waals surface area (Å²) in [6, 6.07) is 17.7. The van der Waals surface area contributed by atoms with Gasteiger partial charge in [0.05, 0.1) is 41.2 Å². The van der Waals surface area contributed by atoms with Gasteiger partial charge in [0.2, 0.25) is 11.5 Å². The molecule has 0 unspecified atom stereocenters. The molecule has 0 bridgehead atoms. The van der Waals surface area contributed by atoms with Crippen molar-refractivity contribution in [3.8, 4) is 45.8 Å². The Balaban J connectivity index is 1.85. The van der Waals surface area contributed by atoms with Crippen molar-refractivity contribution in [3.63, 3.8) is 0 Å². The van der Waals surface area contributed by atoms with Gasteiger partial charge in [0.1, 0.15) is 6.61 Å². The number of hydrogen-bond donors (Lipinski definition) is 0. The van der Waals surface area contributed by atoms with E-state index in [-0.39, 0.29) is 0 Å². The van der Waals surface area contributed by atoms with Gasteiger partial charge in [-0.3, -0.25) is 4.98 Å². The molecule has 3 aromatic carbocycles. The fourth-order valence-corrected chi connectivity index (χ4v) is 4.15. The molecule has 0 atom stereocenters. The number of aryl methyl sites for hydroxylation is 1. The summed E-state index contributed by atoms with van der Waals surface area (Å²) in [5, 5.41) is 1.76. The molecular formula is C28H29NO6. The van der Waals surface area contributed by atoms with Crippen LogP contribution in [-0.4, -0.2) is 40.5 Å². The highest BCUT2D eigenvalue weighted by Crippen LogP contribution is 2.46. The van der Waals surface area contributed by atoms with E-state index in [1.54, 1.807) is 35.5 Å². The van der Waals surface area contributed by atoms with Gasteiger partial charge in [-0.15, -0.1) is 0 Å². The van der Waals surface area contributed by atoms with E-state index in [2.05, 4.69) is 0 Å². The molecule has 1 aromatic heterocycles. The van der Waals surface area contributed by atoms with E-state index in [0.29, 0.717) is 41.1 Å². The number of benzene rings is 3. The first-order valence-electron chi connectivity index (χ1n) is 11.1. The van der Waals surface area contributed by atoms with Gasteiger partial charge in [-0.05, 0) is 42.1 Å². The fourth-order valence-electron chi connectivity index (χ4n) is 4.15. The van der Waals surface area contributed by atoms with E-state index in [1.165, 1.54) is 0 Å². The monoisotopic (exact) mass is 475 g/mol. The van der Waals surface area contributed by atoms with E-state index < -0.39 is 0 Å². The Bertz CT molecular complexity index is 1340. The zero-order valence-electron chi connectivity index (χ0n) is 20.8. The number of hydrogen-bond acceptors (Lipinski definition) is 7. The van der Waals surface area contributed by atoms with Gasteiger partial charge in [0.25, 0.3) is 0 Å². The van der Waals surface area contributed by atoms with Crippen LogP contribution in [0.4, 0.5) is 0 Å². The van der Waals surface area contributed by atoms with Gasteiger partial charge < -0.3 is 28.4 Å². The second-order valence-corrected chi connectivity index (χ2v) is 7.82. The van der Waals surface area contributed by atoms with E-state index in [4.69, 9.17) is 33.4 Å².